The van der Waals surface area contributed by atoms with Crippen molar-refractivity contribution in [1.82, 2.24) is 4.98 Å². The summed E-state index contributed by atoms with van der Waals surface area (Å²) in [7, 11) is -0.147. The lowest BCUT2D eigenvalue weighted by molar-refractivity contribution is 0.130. The molecule has 0 aliphatic carbocycles. The van der Waals surface area contributed by atoms with Crippen LogP contribution in [0.5, 0.6) is 5.75 Å². The maximum Gasteiger partial charge on any atom is 0.193 e. The first-order valence-electron chi connectivity index (χ1n) is 7.68. The van der Waals surface area contributed by atoms with Crippen molar-refractivity contribution in [3.8, 4) is 5.75 Å². The van der Waals surface area contributed by atoms with Crippen molar-refractivity contribution in [3.63, 3.8) is 0 Å². The fraction of sp³-hybridized carbons (Fsp3) is 0.706. The molecule has 0 N–H and O–H groups in total. The third-order valence-corrected chi connectivity index (χ3v) is 8.76. The first-order chi connectivity index (χ1) is 9.48. The minimum atomic E-state index is -1.84. The Morgan fingerprint density at radius 2 is 1.71 bits per heavy atom. The van der Waals surface area contributed by atoms with E-state index in [2.05, 4.69) is 52.7 Å². The Balaban J connectivity index is 3.17. The predicted octanol–water partition coefficient (Wildman–Crippen LogP) is 5.12. The number of aromatic nitrogens is 1. The molecule has 0 fully saturated rings. The largest absolute Gasteiger partial charge is 0.497 e. The molecule has 0 aliphatic heterocycles. The quantitative estimate of drug-likeness (QED) is 0.708. The molecular formula is C17H31NO2Si. The SMILES string of the molecule is COc1cc(C)nc([C@@H](O[Si](C)(C)C(C)(C)C)C(C)C)c1. The molecule has 1 aromatic heterocycles. The molecule has 0 unspecified atom stereocenters. The molecule has 0 bridgehead atoms. The Morgan fingerprint density at radius 3 is 2.14 bits per heavy atom. The number of hydrogen-bond acceptors (Lipinski definition) is 3. The van der Waals surface area contributed by atoms with Gasteiger partial charge in [-0.15, -0.1) is 0 Å². The summed E-state index contributed by atoms with van der Waals surface area (Å²) in [6.07, 6.45) is 0.0136. The van der Waals surface area contributed by atoms with E-state index in [0.717, 1.165) is 17.1 Å². The Morgan fingerprint density at radius 1 is 1.14 bits per heavy atom. The summed E-state index contributed by atoms with van der Waals surface area (Å²) in [6, 6.07) is 3.96. The van der Waals surface area contributed by atoms with Gasteiger partial charge in [-0.05, 0) is 31.0 Å². The van der Waals surface area contributed by atoms with Gasteiger partial charge in [0, 0.05) is 17.8 Å². The average molecular weight is 310 g/mol. The zero-order chi connectivity index (χ0) is 16.4. The molecule has 0 spiro atoms. The second-order valence-electron chi connectivity index (χ2n) is 7.62. The van der Waals surface area contributed by atoms with E-state index in [1.807, 2.05) is 19.1 Å². The third-order valence-electron chi connectivity index (χ3n) is 4.31. The van der Waals surface area contributed by atoms with Crippen LogP contribution in [0.4, 0.5) is 0 Å². The van der Waals surface area contributed by atoms with Crippen molar-refractivity contribution < 1.29 is 9.16 Å². The minimum Gasteiger partial charge on any atom is -0.497 e. The van der Waals surface area contributed by atoms with Gasteiger partial charge in [-0.1, -0.05) is 34.6 Å². The van der Waals surface area contributed by atoms with Gasteiger partial charge in [-0.2, -0.15) is 0 Å². The van der Waals surface area contributed by atoms with E-state index in [0.29, 0.717) is 5.92 Å². The molecule has 1 rings (SSSR count). The van der Waals surface area contributed by atoms with Crippen LogP contribution in [-0.2, 0) is 4.43 Å². The van der Waals surface area contributed by atoms with Crippen molar-refractivity contribution in [1.29, 1.82) is 0 Å². The number of pyridine rings is 1. The van der Waals surface area contributed by atoms with Crippen LogP contribution >= 0.6 is 0 Å². The maximum absolute atomic E-state index is 6.63. The van der Waals surface area contributed by atoms with Gasteiger partial charge >= 0.3 is 0 Å². The normalized spacial score (nSPS) is 14.4. The van der Waals surface area contributed by atoms with E-state index in [1.165, 1.54) is 0 Å². The van der Waals surface area contributed by atoms with Crippen molar-refractivity contribution in [2.75, 3.05) is 7.11 Å². The molecule has 0 radical (unpaired) electrons. The molecule has 0 saturated carbocycles. The van der Waals surface area contributed by atoms with Crippen LogP contribution in [0.25, 0.3) is 0 Å². The van der Waals surface area contributed by atoms with E-state index in [4.69, 9.17) is 9.16 Å². The van der Waals surface area contributed by atoms with Gasteiger partial charge in [0.1, 0.15) is 5.75 Å². The van der Waals surface area contributed by atoms with Gasteiger partial charge in [-0.25, -0.2) is 0 Å². The molecular weight excluding hydrogens is 278 g/mol. The Hall–Kier alpha value is -0.873. The summed E-state index contributed by atoms with van der Waals surface area (Å²) in [5, 5.41) is 0.189. The average Bonchev–Trinajstić information content (AvgIpc) is 2.33. The smallest absolute Gasteiger partial charge is 0.193 e. The number of rotatable bonds is 5. The van der Waals surface area contributed by atoms with Gasteiger partial charge in [0.2, 0.25) is 0 Å². The highest BCUT2D eigenvalue weighted by Crippen LogP contribution is 2.41. The van der Waals surface area contributed by atoms with Crippen molar-refractivity contribution in [2.45, 2.75) is 65.8 Å². The van der Waals surface area contributed by atoms with Crippen LogP contribution in [0.3, 0.4) is 0 Å². The van der Waals surface area contributed by atoms with Gasteiger partial charge in [0.25, 0.3) is 0 Å². The lowest BCUT2D eigenvalue weighted by Crippen LogP contribution is -2.42. The molecule has 0 aliphatic rings. The molecule has 0 amide bonds. The molecule has 0 aromatic carbocycles. The van der Waals surface area contributed by atoms with Crippen LogP contribution in [0, 0.1) is 12.8 Å². The number of ether oxygens (including phenoxy) is 1. The second-order valence-corrected chi connectivity index (χ2v) is 12.4. The molecule has 3 nitrogen and oxygen atoms in total. The molecule has 0 saturated heterocycles. The Kier molecular flexibility index (Phi) is 5.61. The van der Waals surface area contributed by atoms with E-state index in [9.17, 15) is 0 Å². The summed E-state index contributed by atoms with van der Waals surface area (Å²) in [5.41, 5.74) is 1.94. The fourth-order valence-corrected chi connectivity index (χ4v) is 3.34. The highest BCUT2D eigenvalue weighted by Gasteiger charge is 2.40. The summed E-state index contributed by atoms with van der Waals surface area (Å²) in [5.74, 6) is 1.22. The molecule has 21 heavy (non-hydrogen) atoms. The summed E-state index contributed by atoms with van der Waals surface area (Å²) < 4.78 is 12.0. The first-order valence-corrected chi connectivity index (χ1v) is 10.6. The van der Waals surface area contributed by atoms with E-state index < -0.39 is 8.32 Å². The van der Waals surface area contributed by atoms with E-state index in [1.54, 1.807) is 7.11 Å². The van der Waals surface area contributed by atoms with E-state index >= 15 is 0 Å². The van der Waals surface area contributed by atoms with Crippen molar-refractivity contribution in [3.05, 3.63) is 23.5 Å². The van der Waals surface area contributed by atoms with Crippen molar-refractivity contribution >= 4 is 8.32 Å². The lowest BCUT2D eigenvalue weighted by Gasteiger charge is -2.40. The maximum atomic E-state index is 6.63. The standard InChI is InChI=1S/C17H31NO2Si/c1-12(2)16(20-21(8,9)17(4,5)6)15-11-14(19-7)10-13(3)18-15/h10-12,16H,1-9H3/t16-/m0/s1. The van der Waals surface area contributed by atoms with Crippen LogP contribution in [0.2, 0.25) is 18.1 Å². The predicted molar refractivity (Wildman–Crippen MR) is 91.4 cm³/mol. The molecule has 1 aromatic rings. The fourth-order valence-electron chi connectivity index (χ4n) is 1.96. The lowest BCUT2D eigenvalue weighted by atomic mass is 10.0. The zero-order valence-corrected chi connectivity index (χ0v) is 16.1. The summed E-state index contributed by atoms with van der Waals surface area (Å²) >= 11 is 0. The second kappa shape index (κ2) is 6.49. The highest BCUT2D eigenvalue weighted by atomic mass is 28.4. The van der Waals surface area contributed by atoms with Crippen molar-refractivity contribution in [2.24, 2.45) is 5.92 Å². The van der Waals surface area contributed by atoms with Gasteiger partial charge in [0.05, 0.1) is 18.9 Å². The Bertz CT molecular complexity index is 478. The summed E-state index contributed by atoms with van der Waals surface area (Å²) in [4.78, 5) is 4.69. The minimum absolute atomic E-state index is 0.0136. The Labute approximate surface area is 131 Å². The molecule has 120 valence electrons. The zero-order valence-electron chi connectivity index (χ0n) is 15.1. The van der Waals surface area contributed by atoms with Gasteiger partial charge < -0.3 is 9.16 Å². The van der Waals surface area contributed by atoms with Crippen LogP contribution in [0.1, 0.15) is 52.1 Å². The van der Waals surface area contributed by atoms with Crippen LogP contribution < -0.4 is 4.74 Å². The third kappa shape index (κ3) is 4.55. The number of nitrogens with zero attached hydrogens (tertiary/aromatic N) is 1. The highest BCUT2D eigenvalue weighted by molar-refractivity contribution is 6.74. The first kappa shape index (κ1) is 18.2. The van der Waals surface area contributed by atoms with E-state index in [-0.39, 0.29) is 11.1 Å². The number of methoxy groups -OCH3 is 1. The van der Waals surface area contributed by atoms with Gasteiger partial charge in [-0.3, -0.25) is 4.98 Å². The molecule has 1 heterocycles. The topological polar surface area (TPSA) is 31.4 Å². The monoisotopic (exact) mass is 309 g/mol. The number of aryl methyl sites for hydroxylation is 1. The molecule has 4 heteroatoms. The van der Waals surface area contributed by atoms with Crippen LogP contribution in [0.15, 0.2) is 12.1 Å². The van der Waals surface area contributed by atoms with Crippen LogP contribution in [-0.4, -0.2) is 20.4 Å². The number of hydrogen-bond donors (Lipinski definition) is 0. The molecule has 1 atom stereocenters. The summed E-state index contributed by atoms with van der Waals surface area (Å²) in [6.45, 7) is 17.7. The van der Waals surface area contributed by atoms with Gasteiger partial charge in [0.15, 0.2) is 8.32 Å².